The van der Waals surface area contributed by atoms with E-state index in [1.165, 1.54) is 19.8 Å². The van der Waals surface area contributed by atoms with Crippen molar-refractivity contribution in [3.8, 4) is 22.6 Å². The highest BCUT2D eigenvalue weighted by Gasteiger charge is 2.25. The summed E-state index contributed by atoms with van der Waals surface area (Å²) in [5.41, 5.74) is 4.49. The number of ether oxygens (including phenoxy) is 2. The molecule has 3 aromatic rings. The molecule has 1 aliphatic rings. The van der Waals surface area contributed by atoms with Gasteiger partial charge in [-0.25, -0.2) is 4.99 Å². The first-order chi connectivity index (χ1) is 18.7. The highest BCUT2D eigenvalue weighted by atomic mass is 35.5. The molecule has 0 unspecified atom stereocenters. The zero-order valence-electron chi connectivity index (χ0n) is 22.9. The molecule has 0 atom stereocenters. The number of carbonyl (C=O) groups excluding carboxylic acids is 1. The predicted molar refractivity (Wildman–Crippen MR) is 156 cm³/mol. The van der Waals surface area contributed by atoms with Crippen LogP contribution in [0.2, 0.25) is 10.0 Å². The van der Waals surface area contributed by atoms with Crippen molar-refractivity contribution in [3.63, 3.8) is 0 Å². The van der Waals surface area contributed by atoms with E-state index in [9.17, 15) is 4.79 Å². The summed E-state index contributed by atoms with van der Waals surface area (Å²) in [5, 5.41) is 3.61. The van der Waals surface area contributed by atoms with E-state index in [4.69, 9.17) is 37.7 Å². The molecule has 206 valence electrons. The number of nitrogens with one attached hydrogen (secondary N) is 1. The minimum atomic E-state index is -0.319. The van der Waals surface area contributed by atoms with Crippen molar-refractivity contribution in [2.45, 2.75) is 13.3 Å². The Labute approximate surface area is 238 Å². The maximum absolute atomic E-state index is 13.5. The average Bonchev–Trinajstić information content (AvgIpc) is 3.27. The fraction of sp³-hybridized carbons (Fsp3) is 0.357. The number of methoxy groups -OCH3 is 2. The van der Waals surface area contributed by atoms with Gasteiger partial charge in [-0.3, -0.25) is 14.8 Å². The van der Waals surface area contributed by atoms with Gasteiger partial charge in [-0.15, -0.1) is 0 Å². The number of fused-ring (bicyclic) bond motifs is 1. The molecule has 11 heteroatoms. The van der Waals surface area contributed by atoms with Gasteiger partial charge in [0.15, 0.2) is 0 Å². The number of amides is 1. The Bertz CT molecular complexity index is 1440. The quantitative estimate of drug-likeness (QED) is 0.390. The van der Waals surface area contributed by atoms with Crippen LogP contribution in [0.3, 0.4) is 0 Å². The number of amidine groups is 1. The molecule has 0 saturated heterocycles. The average molecular weight is 572 g/mol. The number of aliphatic imine (C=N–C) groups is 1. The molecule has 1 N–H and O–H groups in total. The van der Waals surface area contributed by atoms with Crippen LogP contribution in [-0.2, 0) is 0 Å². The van der Waals surface area contributed by atoms with Gasteiger partial charge >= 0.3 is 0 Å². The molecular formula is C28H32Cl2N6O3. The van der Waals surface area contributed by atoms with Crippen LogP contribution in [0, 0.1) is 0 Å². The van der Waals surface area contributed by atoms with Gasteiger partial charge in [0, 0.05) is 49.1 Å². The van der Waals surface area contributed by atoms with Crippen LogP contribution in [0.15, 0.2) is 46.9 Å². The van der Waals surface area contributed by atoms with Gasteiger partial charge in [0.25, 0.3) is 5.91 Å². The second-order valence-electron chi connectivity index (χ2n) is 9.51. The molecule has 2 aromatic carbocycles. The first-order valence-electron chi connectivity index (χ1n) is 12.5. The van der Waals surface area contributed by atoms with Crippen LogP contribution in [0.4, 0.5) is 0 Å². The fourth-order valence-electron chi connectivity index (χ4n) is 4.46. The van der Waals surface area contributed by atoms with Gasteiger partial charge in [0.2, 0.25) is 0 Å². The van der Waals surface area contributed by atoms with Crippen molar-refractivity contribution in [2.24, 2.45) is 4.99 Å². The number of carbonyl (C=O) groups is 1. The molecule has 4 rings (SSSR count). The molecular weight excluding hydrogens is 539 g/mol. The monoisotopic (exact) mass is 570 g/mol. The summed E-state index contributed by atoms with van der Waals surface area (Å²) >= 11 is 13.4. The second kappa shape index (κ2) is 12.3. The molecule has 1 aromatic heterocycles. The number of nitrogens with zero attached hydrogens (tertiary/aromatic N) is 5. The lowest BCUT2D eigenvalue weighted by molar-refractivity contribution is 0.0978. The number of halogens is 2. The third-order valence-electron chi connectivity index (χ3n) is 6.50. The Kier molecular flexibility index (Phi) is 9.07. The topological polar surface area (TPSA) is 92.2 Å². The number of likely N-dealkylation sites (N-methyl/N-ethyl adjacent to an activating group) is 2. The van der Waals surface area contributed by atoms with Crippen LogP contribution in [0.1, 0.15) is 23.7 Å². The first kappa shape index (κ1) is 28.8. The molecule has 0 radical (unpaired) electrons. The summed E-state index contributed by atoms with van der Waals surface area (Å²) in [6.45, 7) is 4.49. The molecule has 0 spiro atoms. The molecule has 0 aliphatic carbocycles. The third-order valence-corrected chi connectivity index (χ3v) is 7.25. The van der Waals surface area contributed by atoms with Crippen LogP contribution < -0.4 is 14.8 Å². The van der Waals surface area contributed by atoms with Crippen molar-refractivity contribution in [1.82, 2.24) is 25.1 Å². The highest BCUT2D eigenvalue weighted by molar-refractivity contribution is 6.41. The van der Waals surface area contributed by atoms with E-state index in [1.807, 2.05) is 14.1 Å². The minimum Gasteiger partial charge on any atom is -0.495 e. The summed E-state index contributed by atoms with van der Waals surface area (Å²) < 4.78 is 10.9. The summed E-state index contributed by atoms with van der Waals surface area (Å²) in [4.78, 5) is 31.6. The van der Waals surface area contributed by atoms with E-state index in [2.05, 4.69) is 39.1 Å². The zero-order valence-corrected chi connectivity index (χ0v) is 24.4. The predicted octanol–water partition coefficient (Wildman–Crippen LogP) is 4.92. The lowest BCUT2D eigenvalue weighted by atomic mass is 9.99. The molecule has 1 amide bonds. The number of hydrogen-bond acceptors (Lipinski definition) is 8. The van der Waals surface area contributed by atoms with Crippen LogP contribution in [0.25, 0.3) is 22.2 Å². The summed E-state index contributed by atoms with van der Waals surface area (Å²) in [6, 6.07) is 5.07. The van der Waals surface area contributed by atoms with Crippen LogP contribution in [0.5, 0.6) is 11.5 Å². The Balaban J connectivity index is 1.71. The number of benzene rings is 2. The summed E-state index contributed by atoms with van der Waals surface area (Å²) in [6.07, 6.45) is 3.68. The van der Waals surface area contributed by atoms with E-state index in [1.54, 1.807) is 30.6 Å². The Morgan fingerprint density at radius 3 is 2.23 bits per heavy atom. The molecule has 2 heterocycles. The SMILES string of the molecule is CCN(C)CC1=C(CN(C)C)CC(NC(=O)c2ccc(-c3c(Cl)c(OC)cc(OC)c3Cl)c3nccnc23)=N1. The standard InChI is InChI=1S/C28H32Cl2N6O3/c1-7-36(4)15-19-16(14-35(2)3)12-22(33-19)34-28(37)18-9-8-17(26-27(18)32-11-10-31-26)23-24(29)20(38-5)13-21(39-6)25(23)30/h8-11,13H,7,12,14-15H2,1-6H3,(H,33,34,37). The first-order valence-corrected chi connectivity index (χ1v) is 13.2. The van der Waals surface area contributed by atoms with Gasteiger partial charge in [0.05, 0.1) is 41.0 Å². The van der Waals surface area contributed by atoms with Crippen molar-refractivity contribution >= 4 is 46.0 Å². The van der Waals surface area contributed by atoms with E-state index >= 15 is 0 Å². The normalized spacial score (nSPS) is 13.4. The van der Waals surface area contributed by atoms with Crippen molar-refractivity contribution in [2.75, 3.05) is 55.0 Å². The minimum absolute atomic E-state index is 0.303. The lowest BCUT2D eigenvalue weighted by Gasteiger charge is -2.16. The van der Waals surface area contributed by atoms with Gasteiger partial charge in [0.1, 0.15) is 22.9 Å². The van der Waals surface area contributed by atoms with Crippen LogP contribution >= 0.6 is 23.2 Å². The third kappa shape index (κ3) is 6.01. The van der Waals surface area contributed by atoms with E-state index in [0.717, 1.165) is 18.8 Å². The summed E-state index contributed by atoms with van der Waals surface area (Å²) in [5.74, 6) is 1.09. The van der Waals surface area contributed by atoms with Crippen molar-refractivity contribution in [1.29, 1.82) is 0 Å². The maximum Gasteiger partial charge on any atom is 0.258 e. The lowest BCUT2D eigenvalue weighted by Crippen LogP contribution is -2.30. The fourth-order valence-corrected chi connectivity index (χ4v) is 5.17. The molecule has 0 saturated carbocycles. The van der Waals surface area contributed by atoms with E-state index < -0.39 is 0 Å². The van der Waals surface area contributed by atoms with E-state index in [-0.39, 0.29) is 5.91 Å². The zero-order chi connectivity index (χ0) is 28.3. The van der Waals surface area contributed by atoms with Crippen molar-refractivity contribution in [3.05, 3.63) is 57.5 Å². The van der Waals surface area contributed by atoms with Crippen LogP contribution in [-0.4, -0.2) is 86.5 Å². The molecule has 1 aliphatic heterocycles. The second-order valence-corrected chi connectivity index (χ2v) is 10.3. The van der Waals surface area contributed by atoms with Gasteiger partial charge in [-0.05, 0) is 39.3 Å². The highest BCUT2D eigenvalue weighted by Crippen LogP contribution is 2.47. The van der Waals surface area contributed by atoms with Gasteiger partial charge < -0.3 is 24.6 Å². The number of aromatic nitrogens is 2. The number of rotatable bonds is 9. The Morgan fingerprint density at radius 2 is 1.64 bits per heavy atom. The Hall–Kier alpha value is -3.24. The number of hydrogen-bond donors (Lipinski definition) is 1. The smallest absolute Gasteiger partial charge is 0.258 e. The summed E-state index contributed by atoms with van der Waals surface area (Å²) in [7, 11) is 9.12. The molecule has 9 nitrogen and oxygen atoms in total. The van der Waals surface area contributed by atoms with Gasteiger partial charge in [-0.1, -0.05) is 36.2 Å². The maximum atomic E-state index is 13.5. The van der Waals surface area contributed by atoms with Crippen molar-refractivity contribution < 1.29 is 14.3 Å². The molecule has 39 heavy (non-hydrogen) atoms. The van der Waals surface area contributed by atoms with E-state index in [0.29, 0.717) is 68.1 Å². The largest absolute Gasteiger partial charge is 0.495 e. The van der Waals surface area contributed by atoms with Gasteiger partial charge in [-0.2, -0.15) is 0 Å². The molecule has 0 fully saturated rings. The molecule has 0 bridgehead atoms. The Morgan fingerprint density at radius 1 is 1.00 bits per heavy atom.